The Balaban J connectivity index is 2.20. The molecule has 0 aromatic rings. The van der Waals surface area contributed by atoms with E-state index in [1.54, 1.807) is 6.08 Å². The third-order valence-electron chi connectivity index (χ3n) is 13.8. The van der Waals surface area contributed by atoms with Crippen molar-refractivity contribution in [3.8, 4) is 0 Å². The van der Waals surface area contributed by atoms with Crippen molar-refractivity contribution in [2.45, 2.75) is 320 Å². The molecule has 13 heteroatoms. The van der Waals surface area contributed by atoms with Crippen molar-refractivity contribution in [2.75, 3.05) is 13.2 Å². The van der Waals surface area contributed by atoms with E-state index in [4.69, 9.17) is 9.47 Å². The minimum absolute atomic E-state index is 0.258. The zero-order chi connectivity index (χ0) is 49.8. The van der Waals surface area contributed by atoms with Crippen LogP contribution >= 0.6 is 0 Å². The first-order valence-corrected chi connectivity index (χ1v) is 29.9. The summed E-state index contributed by atoms with van der Waals surface area (Å²) in [7, 11) is -5.08. The Bertz CT molecular complexity index is 1260. The monoisotopic (exact) mass is 990 g/mol. The standard InChI is InChI=1S/C55H107NO11S/c1-3-5-7-9-11-13-15-16-17-18-19-20-21-22-23-24-25-26-27-28-29-30-31-32-33-34-35-37-39-41-43-45-51(59)56-48(49(58)44-42-40-38-36-14-12-10-8-6-4-2)47-65-55-53(61)54(67-68(62,63)64)52(60)50(46-57)66-55/h42,44,48-50,52-55,57-58,60-61H,3-41,43,45-47H2,1-2H3,(H,56,59)(H,62,63,64)/b44-42+. The number of nitrogens with one attached hydrogen (secondary N) is 1. The number of unbranched alkanes of at least 4 members (excludes halogenated alkanes) is 38. The van der Waals surface area contributed by atoms with Gasteiger partial charge in [0.25, 0.3) is 0 Å². The largest absolute Gasteiger partial charge is 0.397 e. The quantitative estimate of drug-likeness (QED) is 0.0193. The molecular weight excluding hydrogens is 883 g/mol. The van der Waals surface area contributed by atoms with Crippen molar-refractivity contribution in [1.82, 2.24) is 5.32 Å². The van der Waals surface area contributed by atoms with Crippen molar-refractivity contribution in [3.63, 3.8) is 0 Å². The molecule has 7 unspecified atom stereocenters. The van der Waals surface area contributed by atoms with Gasteiger partial charge in [0, 0.05) is 6.42 Å². The lowest BCUT2D eigenvalue weighted by molar-refractivity contribution is -0.298. The molecule has 12 nitrogen and oxygen atoms in total. The van der Waals surface area contributed by atoms with Crippen molar-refractivity contribution in [1.29, 1.82) is 0 Å². The van der Waals surface area contributed by atoms with E-state index in [0.29, 0.717) is 6.42 Å². The first kappa shape index (κ1) is 64.9. The normalized spacial score (nSPS) is 19.8. The summed E-state index contributed by atoms with van der Waals surface area (Å²) in [4.78, 5) is 13.1. The molecule has 6 N–H and O–H groups in total. The zero-order valence-electron chi connectivity index (χ0n) is 43.7. The van der Waals surface area contributed by atoms with Gasteiger partial charge in [-0.1, -0.05) is 264 Å². The van der Waals surface area contributed by atoms with Crippen molar-refractivity contribution >= 4 is 16.3 Å². The Hall–Kier alpha value is -1.16. The molecule has 1 heterocycles. The first-order chi connectivity index (χ1) is 33.0. The molecule has 1 fully saturated rings. The fourth-order valence-electron chi connectivity index (χ4n) is 9.40. The van der Waals surface area contributed by atoms with E-state index >= 15 is 0 Å². The zero-order valence-corrected chi connectivity index (χ0v) is 44.5. The maximum atomic E-state index is 13.1. The van der Waals surface area contributed by atoms with Gasteiger partial charge >= 0.3 is 10.4 Å². The fourth-order valence-corrected chi connectivity index (χ4v) is 9.91. The molecule has 0 aliphatic carbocycles. The highest BCUT2D eigenvalue weighted by Gasteiger charge is 2.48. The lowest BCUT2D eigenvalue weighted by atomic mass is 9.99. The molecule has 0 saturated carbocycles. The van der Waals surface area contributed by atoms with E-state index in [2.05, 4.69) is 23.3 Å². The number of amides is 1. The van der Waals surface area contributed by atoms with E-state index in [1.165, 1.54) is 212 Å². The van der Waals surface area contributed by atoms with Gasteiger partial charge in [0.1, 0.15) is 24.4 Å². The summed E-state index contributed by atoms with van der Waals surface area (Å²) in [6.07, 6.45) is 45.9. The van der Waals surface area contributed by atoms with E-state index in [0.717, 1.165) is 38.5 Å². The van der Waals surface area contributed by atoms with Gasteiger partial charge in [0.05, 0.1) is 25.4 Å². The van der Waals surface area contributed by atoms with Crippen LogP contribution in [0.25, 0.3) is 0 Å². The second kappa shape index (κ2) is 45.7. The predicted molar refractivity (Wildman–Crippen MR) is 278 cm³/mol. The Morgan fingerprint density at radius 3 is 1.28 bits per heavy atom. The van der Waals surface area contributed by atoms with Crippen LogP contribution in [-0.2, 0) is 28.9 Å². The molecule has 0 radical (unpaired) electrons. The Morgan fingerprint density at radius 2 is 0.926 bits per heavy atom. The molecule has 0 aromatic carbocycles. The number of allylic oxidation sites excluding steroid dienone is 1. The summed E-state index contributed by atoms with van der Waals surface area (Å²) in [5.41, 5.74) is 0. The molecule has 68 heavy (non-hydrogen) atoms. The summed E-state index contributed by atoms with van der Waals surface area (Å²) >= 11 is 0. The fraction of sp³-hybridized carbons (Fsp3) is 0.945. The summed E-state index contributed by atoms with van der Waals surface area (Å²) in [6, 6.07) is -0.938. The minimum atomic E-state index is -5.08. The van der Waals surface area contributed by atoms with Crippen LogP contribution < -0.4 is 5.32 Å². The van der Waals surface area contributed by atoms with Gasteiger partial charge in [-0.2, -0.15) is 8.42 Å². The molecule has 1 rings (SSSR count). The lowest BCUT2D eigenvalue weighted by Gasteiger charge is -2.41. The summed E-state index contributed by atoms with van der Waals surface area (Å²) in [6.45, 7) is 3.39. The summed E-state index contributed by atoms with van der Waals surface area (Å²) in [5.74, 6) is -0.258. The van der Waals surface area contributed by atoms with Crippen LogP contribution in [0, 0.1) is 0 Å². The minimum Gasteiger partial charge on any atom is -0.394 e. The van der Waals surface area contributed by atoms with Crippen LogP contribution in [0.4, 0.5) is 0 Å². The van der Waals surface area contributed by atoms with Crippen molar-refractivity contribution in [2.24, 2.45) is 0 Å². The van der Waals surface area contributed by atoms with Gasteiger partial charge in [-0.3, -0.25) is 9.35 Å². The average molecular weight is 991 g/mol. The number of carbonyl (C=O) groups excluding carboxylic acids is 1. The number of rotatable bonds is 50. The molecule has 1 aliphatic heterocycles. The lowest BCUT2D eigenvalue weighted by Crippen LogP contribution is -2.61. The highest BCUT2D eigenvalue weighted by atomic mass is 32.3. The molecule has 0 spiro atoms. The third kappa shape index (κ3) is 37.6. The number of aliphatic hydroxyl groups excluding tert-OH is 4. The Labute approximate surface area is 417 Å². The summed E-state index contributed by atoms with van der Waals surface area (Å²) < 4.78 is 47.6. The van der Waals surface area contributed by atoms with E-state index in [-0.39, 0.29) is 18.9 Å². The van der Waals surface area contributed by atoms with Crippen LogP contribution in [0.2, 0.25) is 0 Å². The molecular formula is C55H107NO11S. The third-order valence-corrected chi connectivity index (χ3v) is 14.3. The second-order valence-electron chi connectivity index (χ2n) is 20.2. The van der Waals surface area contributed by atoms with Crippen LogP contribution in [0.5, 0.6) is 0 Å². The van der Waals surface area contributed by atoms with Crippen molar-refractivity contribution < 1.29 is 51.8 Å². The number of hydrogen-bond acceptors (Lipinski definition) is 10. The molecule has 0 bridgehead atoms. The van der Waals surface area contributed by atoms with Gasteiger partial charge in [0.2, 0.25) is 5.91 Å². The number of ether oxygens (including phenoxy) is 2. The highest BCUT2D eigenvalue weighted by molar-refractivity contribution is 7.80. The van der Waals surface area contributed by atoms with E-state index < -0.39 is 59.9 Å². The van der Waals surface area contributed by atoms with Gasteiger partial charge in [-0.15, -0.1) is 0 Å². The van der Waals surface area contributed by atoms with Gasteiger partial charge < -0.3 is 35.2 Å². The van der Waals surface area contributed by atoms with Crippen LogP contribution in [0.15, 0.2) is 12.2 Å². The molecule has 1 saturated heterocycles. The van der Waals surface area contributed by atoms with E-state index in [1.807, 2.05) is 6.08 Å². The predicted octanol–water partition coefficient (Wildman–Crippen LogP) is 13.1. The maximum Gasteiger partial charge on any atom is 0.397 e. The van der Waals surface area contributed by atoms with Crippen LogP contribution in [-0.4, -0.2) is 95.4 Å². The van der Waals surface area contributed by atoms with Gasteiger partial charge in [-0.25, -0.2) is 4.18 Å². The molecule has 404 valence electrons. The first-order valence-electron chi connectivity index (χ1n) is 28.6. The van der Waals surface area contributed by atoms with Crippen molar-refractivity contribution in [3.05, 3.63) is 12.2 Å². The SMILES string of the molecule is CCCCCCCCCC/C=C/C(O)C(COC1OC(CO)C(O)C(OS(=O)(=O)O)C1O)NC(=O)CCCCCCCCCCCCCCCCCCCCCCCCCCCCCCCCC. The van der Waals surface area contributed by atoms with Crippen LogP contribution in [0.3, 0.4) is 0 Å². The topological polar surface area (TPSA) is 192 Å². The molecule has 1 aliphatic rings. The highest BCUT2D eigenvalue weighted by Crippen LogP contribution is 2.26. The maximum absolute atomic E-state index is 13.1. The second-order valence-corrected chi connectivity index (χ2v) is 21.3. The van der Waals surface area contributed by atoms with Crippen LogP contribution in [0.1, 0.15) is 277 Å². The number of carbonyl (C=O) groups is 1. The number of hydrogen-bond donors (Lipinski definition) is 6. The molecule has 0 aromatic heterocycles. The number of aliphatic hydroxyl groups is 4. The Morgan fingerprint density at radius 1 is 0.574 bits per heavy atom. The smallest absolute Gasteiger partial charge is 0.394 e. The average Bonchev–Trinajstić information content (AvgIpc) is 3.31. The van der Waals surface area contributed by atoms with Gasteiger partial charge in [-0.05, 0) is 19.3 Å². The Kier molecular flexibility index (Phi) is 43.6. The summed E-state index contributed by atoms with van der Waals surface area (Å²) in [5, 5.41) is 44.7. The molecule has 7 atom stereocenters. The molecule has 1 amide bonds. The van der Waals surface area contributed by atoms with E-state index in [9.17, 15) is 38.2 Å². The van der Waals surface area contributed by atoms with Gasteiger partial charge in [0.15, 0.2) is 6.29 Å².